The molecule has 0 radical (unpaired) electrons. The van der Waals surface area contributed by atoms with E-state index in [2.05, 4.69) is 90.1 Å². The van der Waals surface area contributed by atoms with E-state index in [0.717, 1.165) is 44.3 Å². The number of methoxy groups -OCH3 is 2. The molecule has 0 saturated heterocycles. The van der Waals surface area contributed by atoms with Gasteiger partial charge in [-0.1, -0.05) is 126 Å². The van der Waals surface area contributed by atoms with E-state index in [1.165, 1.54) is 60.8 Å². The van der Waals surface area contributed by atoms with Crippen LogP contribution in [0.5, 0.6) is 0 Å². The predicted molar refractivity (Wildman–Crippen MR) is 156 cm³/mol. The molecule has 2 fully saturated rings. The summed E-state index contributed by atoms with van der Waals surface area (Å²) in [6.45, 7) is 14.7. The normalized spacial score (nSPS) is 13.5. The van der Waals surface area contributed by atoms with Crippen molar-refractivity contribution in [3.05, 3.63) is 70.8 Å². The first-order valence-corrected chi connectivity index (χ1v) is 14.0. The minimum Gasteiger partial charge on any atom is -0.385 e. The van der Waals surface area contributed by atoms with E-state index >= 15 is 0 Å². The summed E-state index contributed by atoms with van der Waals surface area (Å²) >= 11 is 0. The Labute approximate surface area is 218 Å². The molecule has 0 amide bonds. The fraction of sp³-hybridized carbons (Fsp3) is 0.636. The van der Waals surface area contributed by atoms with E-state index in [-0.39, 0.29) is 0 Å². The highest BCUT2D eigenvalue weighted by atomic mass is 16.5. The lowest BCUT2D eigenvalue weighted by molar-refractivity contribution is 0.199. The second kappa shape index (κ2) is 22.8. The van der Waals surface area contributed by atoms with Gasteiger partial charge >= 0.3 is 0 Å². The minimum atomic E-state index is 0.889. The second-order valence-corrected chi connectivity index (χ2v) is 9.84. The van der Waals surface area contributed by atoms with Gasteiger partial charge in [0.1, 0.15) is 0 Å². The maximum Gasteiger partial charge on any atom is 0.0459 e. The summed E-state index contributed by atoms with van der Waals surface area (Å²) < 4.78 is 9.38. The van der Waals surface area contributed by atoms with Crippen molar-refractivity contribution < 1.29 is 9.47 Å². The van der Waals surface area contributed by atoms with Crippen molar-refractivity contribution in [2.24, 2.45) is 11.8 Å². The fourth-order valence-electron chi connectivity index (χ4n) is 3.11. The minimum absolute atomic E-state index is 0.889. The molecule has 2 saturated carbocycles. The predicted octanol–water partition coefficient (Wildman–Crippen LogP) is 9.59. The topological polar surface area (TPSA) is 18.5 Å². The Kier molecular flexibility index (Phi) is 21.7. The van der Waals surface area contributed by atoms with Gasteiger partial charge in [0.25, 0.3) is 0 Å². The van der Waals surface area contributed by atoms with E-state index in [0.29, 0.717) is 0 Å². The maximum absolute atomic E-state index is 4.69. The Bertz CT molecular complexity index is 617. The molecule has 0 aromatic heterocycles. The second-order valence-electron chi connectivity index (χ2n) is 9.84. The van der Waals surface area contributed by atoms with Gasteiger partial charge in [0.05, 0.1) is 0 Å². The third kappa shape index (κ3) is 22.6. The SMILES string of the molecule is CCC1CC1.CCC1CC1.CCCOC.CCCOC.Cc1ccc(Cc2ccc(C)cc2)cc1. The quantitative estimate of drug-likeness (QED) is 0.371. The van der Waals surface area contributed by atoms with Gasteiger partial charge in [0.15, 0.2) is 0 Å². The molecule has 0 unspecified atom stereocenters. The summed E-state index contributed by atoms with van der Waals surface area (Å²) in [6.07, 6.45) is 12.1. The summed E-state index contributed by atoms with van der Waals surface area (Å²) in [4.78, 5) is 0. The molecular formula is C33H56O2. The largest absolute Gasteiger partial charge is 0.385 e. The zero-order valence-electron chi connectivity index (χ0n) is 24.4. The molecule has 0 bridgehead atoms. The van der Waals surface area contributed by atoms with Gasteiger partial charge in [-0.25, -0.2) is 0 Å². The standard InChI is InChI=1S/C15H16.2C5H10.2C4H10O/c1-12-3-7-14(8-4-12)11-15-9-5-13(2)6-10-15;2*1-2-5-3-4-5;2*1-3-4-5-2/h3-10H,11H2,1-2H3;2*5H,2-4H2,1H3;2*3-4H2,1-2H3. The first kappa shape index (κ1) is 33.4. The first-order chi connectivity index (χ1) is 16.9. The van der Waals surface area contributed by atoms with E-state index in [9.17, 15) is 0 Å². The fourth-order valence-corrected chi connectivity index (χ4v) is 3.11. The van der Waals surface area contributed by atoms with Crippen LogP contribution in [0.2, 0.25) is 0 Å². The lowest BCUT2D eigenvalue weighted by Crippen LogP contribution is -1.88. The van der Waals surface area contributed by atoms with Crippen LogP contribution in [0.1, 0.15) is 101 Å². The summed E-state index contributed by atoms with van der Waals surface area (Å²) in [5.41, 5.74) is 5.40. The number of hydrogen-bond donors (Lipinski definition) is 0. The van der Waals surface area contributed by atoms with Crippen molar-refractivity contribution in [1.82, 2.24) is 0 Å². The van der Waals surface area contributed by atoms with Crippen LogP contribution < -0.4 is 0 Å². The van der Waals surface area contributed by atoms with Gasteiger partial charge in [-0.2, -0.15) is 0 Å². The molecular weight excluding hydrogens is 428 g/mol. The van der Waals surface area contributed by atoms with Crippen molar-refractivity contribution in [1.29, 1.82) is 0 Å². The molecule has 2 nitrogen and oxygen atoms in total. The number of ether oxygens (including phenoxy) is 2. The van der Waals surface area contributed by atoms with Crippen LogP contribution in [-0.4, -0.2) is 27.4 Å². The molecule has 0 heterocycles. The molecule has 2 aliphatic carbocycles. The number of rotatable bonds is 8. The molecule has 200 valence electrons. The highest BCUT2D eigenvalue weighted by Gasteiger charge is 2.17. The van der Waals surface area contributed by atoms with Crippen LogP contribution in [0.3, 0.4) is 0 Å². The van der Waals surface area contributed by atoms with E-state index < -0.39 is 0 Å². The lowest BCUT2D eigenvalue weighted by atomic mass is 10.0. The highest BCUT2D eigenvalue weighted by molar-refractivity contribution is 5.29. The van der Waals surface area contributed by atoms with E-state index in [4.69, 9.17) is 9.47 Å². The van der Waals surface area contributed by atoms with Crippen molar-refractivity contribution in [3.8, 4) is 0 Å². The molecule has 0 atom stereocenters. The average molecular weight is 485 g/mol. The molecule has 2 aromatic rings. The smallest absolute Gasteiger partial charge is 0.0459 e. The molecule has 35 heavy (non-hydrogen) atoms. The van der Waals surface area contributed by atoms with Gasteiger partial charge < -0.3 is 9.47 Å². The summed E-state index contributed by atoms with van der Waals surface area (Å²) in [6, 6.07) is 17.5. The third-order valence-corrected chi connectivity index (χ3v) is 6.01. The lowest BCUT2D eigenvalue weighted by Gasteiger charge is -2.03. The molecule has 0 N–H and O–H groups in total. The van der Waals surface area contributed by atoms with Gasteiger partial charge in [-0.05, 0) is 56.1 Å². The van der Waals surface area contributed by atoms with Crippen LogP contribution in [-0.2, 0) is 15.9 Å². The van der Waals surface area contributed by atoms with Crippen LogP contribution in [0.4, 0.5) is 0 Å². The molecule has 2 aromatic carbocycles. The van der Waals surface area contributed by atoms with Crippen molar-refractivity contribution in [2.45, 2.75) is 99.3 Å². The van der Waals surface area contributed by atoms with Gasteiger partial charge in [0.2, 0.25) is 0 Å². The Hall–Kier alpha value is -1.64. The van der Waals surface area contributed by atoms with Crippen LogP contribution in [0.25, 0.3) is 0 Å². The van der Waals surface area contributed by atoms with Gasteiger partial charge in [-0.3, -0.25) is 0 Å². The van der Waals surface area contributed by atoms with Gasteiger partial charge in [-0.15, -0.1) is 0 Å². The number of benzene rings is 2. The summed E-state index contributed by atoms with van der Waals surface area (Å²) in [7, 11) is 3.42. The van der Waals surface area contributed by atoms with Crippen molar-refractivity contribution >= 4 is 0 Å². The van der Waals surface area contributed by atoms with Gasteiger partial charge in [0, 0.05) is 27.4 Å². The van der Waals surface area contributed by atoms with Crippen LogP contribution in [0, 0.1) is 25.7 Å². The van der Waals surface area contributed by atoms with Crippen molar-refractivity contribution in [3.63, 3.8) is 0 Å². The monoisotopic (exact) mass is 484 g/mol. The molecule has 0 spiro atoms. The summed E-state index contributed by atoms with van der Waals surface area (Å²) in [5, 5.41) is 0. The van der Waals surface area contributed by atoms with Crippen molar-refractivity contribution in [2.75, 3.05) is 27.4 Å². The summed E-state index contributed by atoms with van der Waals surface area (Å²) in [5.74, 6) is 2.27. The molecule has 0 aliphatic heterocycles. The van der Waals surface area contributed by atoms with E-state index in [1.807, 2.05) is 0 Å². The number of hydrogen-bond acceptors (Lipinski definition) is 2. The number of aryl methyl sites for hydroxylation is 2. The van der Waals surface area contributed by atoms with Crippen LogP contribution >= 0.6 is 0 Å². The zero-order chi connectivity index (χ0) is 26.3. The Morgan fingerprint density at radius 3 is 1.03 bits per heavy atom. The first-order valence-electron chi connectivity index (χ1n) is 14.0. The van der Waals surface area contributed by atoms with E-state index in [1.54, 1.807) is 14.2 Å². The molecule has 2 aliphatic rings. The maximum atomic E-state index is 4.69. The Morgan fingerprint density at radius 2 is 0.886 bits per heavy atom. The Balaban J connectivity index is 0.000000476. The zero-order valence-corrected chi connectivity index (χ0v) is 24.4. The highest BCUT2D eigenvalue weighted by Crippen LogP contribution is 2.31. The molecule has 2 heteroatoms. The third-order valence-electron chi connectivity index (χ3n) is 6.01. The van der Waals surface area contributed by atoms with Crippen LogP contribution in [0.15, 0.2) is 48.5 Å². The average Bonchev–Trinajstić information content (AvgIpc) is 3.79. The Morgan fingerprint density at radius 1 is 0.571 bits per heavy atom. The molecule has 4 rings (SSSR count).